The van der Waals surface area contributed by atoms with Crippen LogP contribution < -0.4 is 15.2 Å². The van der Waals surface area contributed by atoms with Gasteiger partial charge >= 0.3 is 0 Å². The van der Waals surface area contributed by atoms with Crippen LogP contribution in [0.3, 0.4) is 0 Å². The summed E-state index contributed by atoms with van der Waals surface area (Å²) < 4.78 is 17.2. The van der Waals surface area contributed by atoms with Gasteiger partial charge in [0.15, 0.2) is 17.3 Å². The first-order valence-electron chi connectivity index (χ1n) is 10.6. The molecular weight excluding hydrogens is 474 g/mol. The van der Waals surface area contributed by atoms with E-state index in [1.165, 1.54) is 0 Å². The number of rotatable bonds is 7. The molecule has 0 saturated carbocycles. The number of ether oxygens (including phenoxy) is 3. The van der Waals surface area contributed by atoms with Crippen LogP contribution in [-0.4, -0.2) is 44.7 Å². The molecule has 0 radical (unpaired) electrons. The van der Waals surface area contributed by atoms with Crippen molar-refractivity contribution in [1.82, 2.24) is 4.90 Å². The van der Waals surface area contributed by atoms with E-state index < -0.39 is 5.92 Å². The fourth-order valence-corrected chi connectivity index (χ4v) is 5.18. The lowest BCUT2D eigenvalue weighted by atomic mass is 9.68. The summed E-state index contributed by atoms with van der Waals surface area (Å²) >= 11 is 3.56. The largest absolute Gasteiger partial charge is 0.492 e. The summed E-state index contributed by atoms with van der Waals surface area (Å²) in [5, 5.41) is 10.1. The molecule has 0 bridgehead atoms. The van der Waals surface area contributed by atoms with Gasteiger partial charge in [-0.2, -0.15) is 5.26 Å². The number of nitriles is 1. The standard InChI is InChI=1S/C24H30BrN3O4/c1-6-32-19-10-14(9-16(25)22(19)31-5)20-15(13-26)23(27)28(7-8-30-4)17-11-24(2,3)12-18(29)21(17)20/h9-10,20H,6-8,11-12,27H2,1-5H3/t20-/m1/s1. The molecule has 0 fully saturated rings. The predicted molar refractivity (Wildman–Crippen MR) is 125 cm³/mol. The van der Waals surface area contributed by atoms with E-state index in [1.807, 2.05) is 24.0 Å². The summed E-state index contributed by atoms with van der Waals surface area (Å²) in [6.45, 7) is 7.40. The Morgan fingerprint density at radius 2 is 2.03 bits per heavy atom. The number of ketones is 1. The van der Waals surface area contributed by atoms with Crippen LogP contribution in [-0.2, 0) is 9.53 Å². The highest BCUT2D eigenvalue weighted by Crippen LogP contribution is 2.50. The number of benzene rings is 1. The molecule has 2 aliphatic rings. The number of methoxy groups -OCH3 is 2. The zero-order valence-corrected chi connectivity index (χ0v) is 20.8. The zero-order valence-electron chi connectivity index (χ0n) is 19.3. The van der Waals surface area contributed by atoms with Crippen LogP contribution in [0.4, 0.5) is 0 Å². The second-order valence-corrected chi connectivity index (χ2v) is 9.61. The van der Waals surface area contributed by atoms with Crippen molar-refractivity contribution in [2.45, 2.75) is 39.5 Å². The summed E-state index contributed by atoms with van der Waals surface area (Å²) in [6, 6.07) is 5.99. The van der Waals surface area contributed by atoms with Crippen molar-refractivity contribution in [2.24, 2.45) is 11.1 Å². The Hall–Kier alpha value is -2.50. The van der Waals surface area contributed by atoms with Crippen LogP contribution >= 0.6 is 15.9 Å². The zero-order chi connectivity index (χ0) is 23.6. The van der Waals surface area contributed by atoms with E-state index in [-0.39, 0.29) is 11.2 Å². The first-order valence-corrected chi connectivity index (χ1v) is 11.4. The Kier molecular flexibility index (Phi) is 7.21. The SMILES string of the molecule is CCOc1cc([C@@H]2C(C#N)=C(N)N(CCOC)C3=C2C(=O)CC(C)(C)C3)cc(Br)c1OC. The van der Waals surface area contributed by atoms with Gasteiger partial charge in [-0.15, -0.1) is 0 Å². The number of nitrogens with two attached hydrogens (primary N) is 1. The minimum Gasteiger partial charge on any atom is -0.492 e. The number of allylic oxidation sites excluding steroid dienone is 3. The number of carbonyl (C=O) groups is 1. The average molecular weight is 504 g/mol. The highest BCUT2D eigenvalue weighted by atomic mass is 79.9. The number of carbonyl (C=O) groups excluding carboxylic acids is 1. The van der Waals surface area contributed by atoms with Crippen LogP contribution in [0.15, 0.2) is 39.3 Å². The number of Topliss-reactive ketones (excluding diaryl/α,β-unsaturated/α-hetero) is 1. The molecule has 32 heavy (non-hydrogen) atoms. The van der Waals surface area contributed by atoms with E-state index in [2.05, 4.69) is 35.8 Å². The second kappa shape index (κ2) is 9.55. The van der Waals surface area contributed by atoms with E-state index in [0.29, 0.717) is 65.5 Å². The topological polar surface area (TPSA) is 97.8 Å². The van der Waals surface area contributed by atoms with E-state index >= 15 is 0 Å². The predicted octanol–water partition coefficient (Wildman–Crippen LogP) is 4.24. The first kappa shape index (κ1) is 24.1. The third-order valence-corrected chi connectivity index (χ3v) is 6.46. The Labute approximate surface area is 197 Å². The van der Waals surface area contributed by atoms with Crippen molar-refractivity contribution in [1.29, 1.82) is 5.26 Å². The van der Waals surface area contributed by atoms with Gasteiger partial charge in [0.2, 0.25) is 0 Å². The van der Waals surface area contributed by atoms with E-state index in [4.69, 9.17) is 19.9 Å². The van der Waals surface area contributed by atoms with Gasteiger partial charge in [-0.3, -0.25) is 4.79 Å². The molecule has 1 atom stereocenters. The maximum Gasteiger partial charge on any atom is 0.174 e. The molecule has 0 saturated heterocycles. The molecule has 1 aliphatic heterocycles. The number of nitrogens with zero attached hydrogens (tertiary/aromatic N) is 2. The Morgan fingerprint density at radius 1 is 1.31 bits per heavy atom. The molecule has 172 valence electrons. The fraction of sp³-hybridized carbons (Fsp3) is 0.500. The number of hydrogen-bond donors (Lipinski definition) is 1. The van der Waals surface area contributed by atoms with Gasteiger partial charge in [-0.1, -0.05) is 13.8 Å². The maximum atomic E-state index is 13.5. The van der Waals surface area contributed by atoms with Crippen LogP contribution in [0.25, 0.3) is 0 Å². The first-order chi connectivity index (χ1) is 15.2. The van der Waals surface area contributed by atoms with Gasteiger partial charge in [-0.25, -0.2) is 0 Å². The average Bonchev–Trinajstić information content (AvgIpc) is 2.71. The molecule has 0 aromatic heterocycles. The molecule has 1 aliphatic carbocycles. The quantitative estimate of drug-likeness (QED) is 0.593. The number of halogens is 1. The monoisotopic (exact) mass is 503 g/mol. The van der Waals surface area contributed by atoms with Crippen LogP contribution in [0, 0.1) is 16.7 Å². The smallest absolute Gasteiger partial charge is 0.174 e. The summed E-state index contributed by atoms with van der Waals surface area (Å²) in [4.78, 5) is 15.4. The molecule has 0 unspecified atom stereocenters. The molecule has 0 amide bonds. The highest BCUT2D eigenvalue weighted by Gasteiger charge is 2.44. The van der Waals surface area contributed by atoms with Crippen molar-refractivity contribution in [2.75, 3.05) is 34.0 Å². The lowest BCUT2D eigenvalue weighted by molar-refractivity contribution is -0.118. The molecular formula is C24H30BrN3O4. The Balaban J connectivity index is 2.26. The lowest BCUT2D eigenvalue weighted by Crippen LogP contribution is -2.43. The van der Waals surface area contributed by atoms with Gasteiger partial charge in [0.05, 0.1) is 42.4 Å². The molecule has 8 heteroatoms. The van der Waals surface area contributed by atoms with Crippen LogP contribution in [0.5, 0.6) is 11.5 Å². The minimum absolute atomic E-state index is 0.0359. The van der Waals surface area contributed by atoms with Crippen LogP contribution in [0.2, 0.25) is 0 Å². The van der Waals surface area contributed by atoms with Gasteiger partial charge in [-0.05, 0) is 52.4 Å². The van der Waals surface area contributed by atoms with Crippen molar-refractivity contribution in [3.05, 3.63) is 44.8 Å². The van der Waals surface area contributed by atoms with Crippen molar-refractivity contribution < 1.29 is 19.0 Å². The van der Waals surface area contributed by atoms with Gasteiger partial charge in [0.25, 0.3) is 0 Å². The summed E-state index contributed by atoms with van der Waals surface area (Å²) in [6.07, 6.45) is 1.10. The normalized spacial score (nSPS) is 20.2. The third-order valence-electron chi connectivity index (χ3n) is 5.87. The van der Waals surface area contributed by atoms with Crippen LogP contribution in [0.1, 0.15) is 45.1 Å². The lowest BCUT2D eigenvalue weighted by Gasteiger charge is -2.43. The van der Waals surface area contributed by atoms with E-state index in [0.717, 1.165) is 11.3 Å². The Morgan fingerprint density at radius 3 is 2.62 bits per heavy atom. The molecule has 1 aromatic carbocycles. The molecule has 3 rings (SSSR count). The summed E-state index contributed by atoms with van der Waals surface area (Å²) in [5.41, 5.74) is 8.96. The van der Waals surface area contributed by atoms with E-state index in [1.54, 1.807) is 14.2 Å². The number of hydrogen-bond acceptors (Lipinski definition) is 7. The van der Waals surface area contributed by atoms with Crippen molar-refractivity contribution in [3.63, 3.8) is 0 Å². The molecule has 1 aromatic rings. The van der Waals surface area contributed by atoms with Gasteiger partial charge < -0.3 is 24.8 Å². The summed E-state index contributed by atoms with van der Waals surface area (Å²) in [7, 11) is 3.19. The maximum absolute atomic E-state index is 13.5. The second-order valence-electron chi connectivity index (χ2n) is 8.76. The van der Waals surface area contributed by atoms with Crippen molar-refractivity contribution >= 4 is 21.7 Å². The Bertz CT molecular complexity index is 1020. The third kappa shape index (κ3) is 4.37. The fourth-order valence-electron chi connectivity index (χ4n) is 4.56. The minimum atomic E-state index is -0.571. The molecule has 7 nitrogen and oxygen atoms in total. The van der Waals surface area contributed by atoms with E-state index in [9.17, 15) is 10.1 Å². The molecule has 2 N–H and O–H groups in total. The molecule has 1 heterocycles. The highest BCUT2D eigenvalue weighted by molar-refractivity contribution is 9.10. The molecule has 0 spiro atoms. The van der Waals surface area contributed by atoms with Gasteiger partial charge in [0, 0.05) is 31.3 Å². The van der Waals surface area contributed by atoms with Gasteiger partial charge in [0.1, 0.15) is 5.82 Å². The van der Waals surface area contributed by atoms with Crippen molar-refractivity contribution in [3.8, 4) is 17.6 Å². The summed E-state index contributed by atoms with van der Waals surface area (Å²) in [5.74, 6) is 0.938.